The summed E-state index contributed by atoms with van der Waals surface area (Å²) in [7, 11) is 1.60. The number of hydrogen-bond acceptors (Lipinski definition) is 5. The predicted octanol–water partition coefficient (Wildman–Crippen LogP) is 4.33. The van der Waals surface area contributed by atoms with E-state index in [0.717, 1.165) is 42.7 Å². The third-order valence-electron chi connectivity index (χ3n) is 5.93. The number of likely N-dealkylation sites (tertiary alicyclic amines) is 1. The molecule has 34 heavy (non-hydrogen) atoms. The van der Waals surface area contributed by atoms with Crippen LogP contribution in [0.15, 0.2) is 72.8 Å². The Hall–Kier alpha value is -4.00. The highest BCUT2D eigenvalue weighted by molar-refractivity contribution is 5.95. The Kier molecular flexibility index (Phi) is 7.32. The molecule has 7 nitrogen and oxygen atoms in total. The van der Waals surface area contributed by atoms with Crippen LogP contribution in [0.1, 0.15) is 35.6 Å². The monoisotopic (exact) mass is 458 g/mol. The predicted molar refractivity (Wildman–Crippen MR) is 133 cm³/mol. The first-order valence-corrected chi connectivity index (χ1v) is 11.4. The van der Waals surface area contributed by atoms with Gasteiger partial charge in [0.15, 0.2) is 11.5 Å². The number of hydrogen-bond donors (Lipinski definition) is 3. The third-order valence-corrected chi connectivity index (χ3v) is 5.93. The van der Waals surface area contributed by atoms with Gasteiger partial charge in [-0.1, -0.05) is 36.4 Å². The number of nitrogens with two attached hydrogens (primary N) is 1. The van der Waals surface area contributed by atoms with E-state index < -0.39 is 6.04 Å². The van der Waals surface area contributed by atoms with Crippen molar-refractivity contribution in [1.82, 2.24) is 4.90 Å². The second kappa shape index (κ2) is 10.7. The van der Waals surface area contributed by atoms with E-state index >= 15 is 0 Å². The van der Waals surface area contributed by atoms with E-state index in [-0.39, 0.29) is 11.7 Å². The number of benzene rings is 3. The van der Waals surface area contributed by atoms with Crippen LogP contribution in [0.4, 0.5) is 5.69 Å². The van der Waals surface area contributed by atoms with Crippen molar-refractivity contribution in [3.8, 4) is 11.5 Å². The second-order valence-electron chi connectivity index (χ2n) is 8.29. The fraction of sp³-hybridized carbons (Fsp3) is 0.259. The van der Waals surface area contributed by atoms with Gasteiger partial charge in [-0.2, -0.15) is 0 Å². The average Bonchev–Trinajstić information content (AvgIpc) is 3.42. The Morgan fingerprint density at radius 2 is 1.74 bits per heavy atom. The van der Waals surface area contributed by atoms with E-state index in [1.165, 1.54) is 0 Å². The molecule has 0 aromatic heterocycles. The van der Waals surface area contributed by atoms with Gasteiger partial charge in [-0.15, -0.1) is 0 Å². The molecule has 0 saturated carbocycles. The molecule has 7 heteroatoms. The number of carbonyl (C=O) groups is 1. The van der Waals surface area contributed by atoms with Crippen molar-refractivity contribution in [2.75, 3.05) is 25.5 Å². The summed E-state index contributed by atoms with van der Waals surface area (Å²) in [4.78, 5) is 15.4. The van der Waals surface area contributed by atoms with Gasteiger partial charge in [-0.05, 0) is 60.4 Å². The van der Waals surface area contributed by atoms with Crippen molar-refractivity contribution >= 4 is 17.4 Å². The number of carbonyl (C=O) groups excluding carboxylic acids is 1. The lowest BCUT2D eigenvalue weighted by Gasteiger charge is -2.26. The van der Waals surface area contributed by atoms with Crippen molar-refractivity contribution < 1.29 is 14.3 Å². The van der Waals surface area contributed by atoms with E-state index in [2.05, 4.69) is 5.32 Å². The molecular formula is C27H30N4O3. The zero-order chi connectivity index (χ0) is 23.9. The number of rotatable bonds is 9. The van der Waals surface area contributed by atoms with Crippen LogP contribution in [0.5, 0.6) is 11.5 Å². The van der Waals surface area contributed by atoms with Crippen LogP contribution >= 0.6 is 0 Å². The molecule has 4 rings (SSSR count). The van der Waals surface area contributed by atoms with Gasteiger partial charge in [0, 0.05) is 24.3 Å². The van der Waals surface area contributed by atoms with E-state index in [1.807, 2.05) is 65.6 Å². The molecule has 1 heterocycles. The largest absolute Gasteiger partial charge is 0.493 e. The third kappa shape index (κ3) is 5.49. The van der Waals surface area contributed by atoms with Crippen molar-refractivity contribution in [3.63, 3.8) is 0 Å². The lowest BCUT2D eigenvalue weighted by molar-refractivity contribution is -0.131. The number of nitrogens with zero attached hydrogens (tertiary/aromatic N) is 1. The first-order chi connectivity index (χ1) is 16.5. The lowest BCUT2D eigenvalue weighted by Crippen LogP contribution is -2.36. The SMILES string of the molecule is COc1cc([C@H](Nc2ccc(C(=N)N)cc2)C(=O)N2CCCC2)ccc1OCc1ccccc1. The van der Waals surface area contributed by atoms with Crippen molar-refractivity contribution in [2.24, 2.45) is 5.73 Å². The minimum absolute atomic E-state index is 0.00655. The molecule has 3 aromatic carbocycles. The topological polar surface area (TPSA) is 101 Å². The van der Waals surface area contributed by atoms with Crippen LogP contribution in [-0.2, 0) is 11.4 Å². The Morgan fingerprint density at radius 1 is 1.03 bits per heavy atom. The number of nitrogen functional groups attached to an aromatic ring is 1. The fourth-order valence-corrected chi connectivity index (χ4v) is 4.04. The summed E-state index contributed by atoms with van der Waals surface area (Å²) < 4.78 is 11.6. The Morgan fingerprint density at radius 3 is 2.38 bits per heavy atom. The molecule has 1 aliphatic heterocycles. The first kappa shape index (κ1) is 23.2. The van der Waals surface area contributed by atoms with Gasteiger partial charge in [-0.25, -0.2) is 0 Å². The van der Waals surface area contributed by atoms with Crippen LogP contribution in [0.2, 0.25) is 0 Å². The van der Waals surface area contributed by atoms with E-state index in [4.69, 9.17) is 20.6 Å². The maximum Gasteiger partial charge on any atom is 0.249 e. The molecule has 1 aliphatic rings. The molecule has 176 valence electrons. The van der Waals surface area contributed by atoms with E-state index in [0.29, 0.717) is 23.7 Å². The Labute approximate surface area is 200 Å². The molecule has 0 unspecified atom stereocenters. The number of ether oxygens (including phenoxy) is 2. The molecule has 1 atom stereocenters. The molecule has 4 N–H and O–H groups in total. The summed E-state index contributed by atoms with van der Waals surface area (Å²) in [6, 6.07) is 22.1. The second-order valence-corrected chi connectivity index (χ2v) is 8.29. The minimum atomic E-state index is -0.585. The van der Waals surface area contributed by atoms with Gasteiger partial charge in [0.25, 0.3) is 0 Å². The van der Waals surface area contributed by atoms with Gasteiger partial charge >= 0.3 is 0 Å². The summed E-state index contributed by atoms with van der Waals surface area (Å²) in [5.74, 6) is 1.22. The molecule has 1 amide bonds. The molecule has 0 spiro atoms. The standard InChI is InChI=1S/C27H30N4O3/c1-33-24-17-21(11-14-23(24)34-18-19-7-3-2-4-8-19)25(27(32)31-15-5-6-16-31)30-22-12-9-20(10-13-22)26(28)29/h2-4,7-14,17,25,30H,5-6,15-16,18H2,1H3,(H3,28,29)/t25-/m0/s1. The summed E-state index contributed by atoms with van der Waals surface area (Å²) in [6.07, 6.45) is 2.03. The number of anilines is 1. The maximum absolute atomic E-state index is 13.5. The molecular weight excluding hydrogens is 428 g/mol. The maximum atomic E-state index is 13.5. The van der Waals surface area contributed by atoms with Crippen LogP contribution < -0.4 is 20.5 Å². The molecule has 0 aliphatic carbocycles. The van der Waals surface area contributed by atoms with Gasteiger partial charge in [0.2, 0.25) is 5.91 Å². The van der Waals surface area contributed by atoms with E-state index in [9.17, 15) is 4.79 Å². The van der Waals surface area contributed by atoms with Crippen molar-refractivity contribution in [2.45, 2.75) is 25.5 Å². The van der Waals surface area contributed by atoms with E-state index in [1.54, 1.807) is 19.2 Å². The quantitative estimate of drug-likeness (QED) is 0.327. The number of amidine groups is 1. The number of amides is 1. The fourth-order valence-electron chi connectivity index (χ4n) is 4.04. The first-order valence-electron chi connectivity index (χ1n) is 11.4. The van der Waals surface area contributed by atoms with Crippen molar-refractivity contribution in [3.05, 3.63) is 89.5 Å². The summed E-state index contributed by atoms with van der Waals surface area (Å²) >= 11 is 0. The smallest absolute Gasteiger partial charge is 0.249 e. The molecule has 0 radical (unpaired) electrons. The highest BCUT2D eigenvalue weighted by Gasteiger charge is 2.28. The normalized spacial score (nSPS) is 13.9. The zero-order valence-electron chi connectivity index (χ0n) is 19.3. The number of methoxy groups -OCH3 is 1. The molecule has 1 saturated heterocycles. The van der Waals surface area contributed by atoms with Gasteiger partial charge in [0.1, 0.15) is 18.5 Å². The Bertz CT molecular complexity index is 1130. The molecule has 3 aromatic rings. The molecule has 0 bridgehead atoms. The minimum Gasteiger partial charge on any atom is -0.493 e. The van der Waals surface area contributed by atoms with Gasteiger partial charge in [0.05, 0.1) is 7.11 Å². The summed E-state index contributed by atoms with van der Waals surface area (Å²) in [5, 5.41) is 11.0. The van der Waals surface area contributed by atoms with Gasteiger partial charge < -0.3 is 25.4 Å². The van der Waals surface area contributed by atoms with Crippen LogP contribution in [0.3, 0.4) is 0 Å². The summed E-state index contributed by atoms with van der Waals surface area (Å²) in [6.45, 7) is 1.94. The van der Waals surface area contributed by atoms with Crippen LogP contribution in [0.25, 0.3) is 0 Å². The Balaban J connectivity index is 1.59. The zero-order valence-corrected chi connectivity index (χ0v) is 19.3. The van der Waals surface area contributed by atoms with Crippen LogP contribution in [0, 0.1) is 5.41 Å². The average molecular weight is 459 g/mol. The number of nitrogens with one attached hydrogen (secondary N) is 2. The van der Waals surface area contributed by atoms with Crippen molar-refractivity contribution in [1.29, 1.82) is 5.41 Å². The van der Waals surface area contributed by atoms with Crippen LogP contribution in [-0.4, -0.2) is 36.8 Å². The van der Waals surface area contributed by atoms with Gasteiger partial charge in [-0.3, -0.25) is 10.2 Å². The lowest BCUT2D eigenvalue weighted by atomic mass is 10.0. The highest BCUT2D eigenvalue weighted by atomic mass is 16.5. The summed E-state index contributed by atoms with van der Waals surface area (Å²) in [5.41, 5.74) is 8.82. The highest BCUT2D eigenvalue weighted by Crippen LogP contribution is 2.33. The molecule has 1 fully saturated rings.